The van der Waals surface area contributed by atoms with Crippen LogP contribution in [0.25, 0.3) is 0 Å². The second-order valence-electron chi connectivity index (χ2n) is 5.26. The van der Waals surface area contributed by atoms with Gasteiger partial charge in [0.15, 0.2) is 11.2 Å². The molecule has 1 fully saturated rings. The van der Waals surface area contributed by atoms with Gasteiger partial charge in [0.25, 0.3) is 0 Å². The van der Waals surface area contributed by atoms with Crippen molar-refractivity contribution in [3.63, 3.8) is 0 Å². The summed E-state index contributed by atoms with van der Waals surface area (Å²) in [6, 6.07) is 4.33. The molecular weight excluding hydrogens is 212 g/mol. The number of hydrogen-bond donors (Lipinski definition) is 0. The Kier molecular flexibility index (Phi) is 2.79. The Hall–Kier alpha value is -1.61. The first-order valence-electron chi connectivity index (χ1n) is 6.13. The molecule has 17 heavy (non-hydrogen) atoms. The van der Waals surface area contributed by atoms with Crippen LogP contribution in [0.1, 0.15) is 39.5 Å². The van der Waals surface area contributed by atoms with E-state index in [1.807, 2.05) is 6.92 Å². The molecule has 0 unspecified atom stereocenters. The lowest BCUT2D eigenvalue weighted by molar-refractivity contribution is -0.118. The van der Waals surface area contributed by atoms with Crippen molar-refractivity contribution in [1.82, 2.24) is 0 Å². The lowest BCUT2D eigenvalue weighted by Crippen LogP contribution is -2.33. The third-order valence-electron chi connectivity index (χ3n) is 4.27. The topological polar surface area (TPSA) is 64.7 Å². The van der Waals surface area contributed by atoms with Gasteiger partial charge in [0.05, 0.1) is 12.1 Å². The normalized spacial score (nSPS) is 30.7. The van der Waals surface area contributed by atoms with E-state index < -0.39 is 5.41 Å². The molecule has 88 valence electrons. The highest BCUT2D eigenvalue weighted by Gasteiger charge is 2.51. The molecule has 1 saturated carbocycles. The fourth-order valence-electron chi connectivity index (χ4n) is 3.29. The fourth-order valence-corrected chi connectivity index (χ4v) is 3.29. The largest absolute Gasteiger partial charge is 0.295 e. The molecular formula is C14H16N2O. The smallest absolute Gasteiger partial charge is 0.159 e. The van der Waals surface area contributed by atoms with Gasteiger partial charge in [-0.05, 0) is 24.8 Å². The summed E-state index contributed by atoms with van der Waals surface area (Å²) < 4.78 is 0. The van der Waals surface area contributed by atoms with E-state index in [1.165, 1.54) is 0 Å². The summed E-state index contributed by atoms with van der Waals surface area (Å²) in [7, 11) is 0. The molecule has 3 nitrogen and oxygen atoms in total. The maximum atomic E-state index is 12.1. The summed E-state index contributed by atoms with van der Waals surface area (Å²) in [5, 5.41) is 18.6. The molecule has 3 heteroatoms. The Balaban J connectivity index is 2.44. The summed E-state index contributed by atoms with van der Waals surface area (Å²) >= 11 is 0. The second kappa shape index (κ2) is 4.00. The zero-order chi connectivity index (χ0) is 12.6. The highest BCUT2D eigenvalue weighted by Crippen LogP contribution is 2.52. The van der Waals surface area contributed by atoms with Gasteiger partial charge >= 0.3 is 0 Å². The highest BCUT2D eigenvalue weighted by atomic mass is 16.1. The van der Waals surface area contributed by atoms with Gasteiger partial charge in [-0.15, -0.1) is 0 Å². The molecule has 0 aromatic heterocycles. The van der Waals surface area contributed by atoms with Crippen molar-refractivity contribution in [2.75, 3.05) is 0 Å². The van der Waals surface area contributed by atoms with Crippen LogP contribution in [0.15, 0.2) is 11.1 Å². The molecule has 2 atom stereocenters. The van der Waals surface area contributed by atoms with Crippen LogP contribution in [0.5, 0.6) is 0 Å². The number of fused-ring (bicyclic) bond motifs is 1. The van der Waals surface area contributed by atoms with E-state index in [9.17, 15) is 15.3 Å². The Morgan fingerprint density at radius 1 is 1.41 bits per heavy atom. The van der Waals surface area contributed by atoms with Crippen molar-refractivity contribution >= 4 is 5.78 Å². The predicted octanol–water partition coefficient (Wildman–Crippen LogP) is 2.75. The lowest BCUT2D eigenvalue weighted by atomic mass is 9.67. The number of rotatable bonds is 1. The summed E-state index contributed by atoms with van der Waals surface area (Å²) in [6.45, 7) is 3.96. The zero-order valence-electron chi connectivity index (χ0n) is 10.3. The minimum atomic E-state index is -0.983. The SMILES string of the molecule is CC[C@@H]1CC(=O)C2=C(C)CC(C#N)(C#N)[C@H]2C1. The van der Waals surface area contributed by atoms with Crippen LogP contribution < -0.4 is 0 Å². The zero-order valence-corrected chi connectivity index (χ0v) is 10.3. The summed E-state index contributed by atoms with van der Waals surface area (Å²) in [5.74, 6) is 0.352. The first kappa shape index (κ1) is 11.9. The van der Waals surface area contributed by atoms with Crippen molar-refractivity contribution in [2.45, 2.75) is 39.5 Å². The minimum Gasteiger partial charge on any atom is -0.295 e. The van der Waals surface area contributed by atoms with Gasteiger partial charge in [0.2, 0.25) is 0 Å². The molecule has 0 saturated heterocycles. The fraction of sp³-hybridized carbons (Fsp3) is 0.643. The highest BCUT2D eigenvalue weighted by molar-refractivity contribution is 5.98. The van der Waals surface area contributed by atoms with Crippen LogP contribution >= 0.6 is 0 Å². The molecule has 0 radical (unpaired) electrons. The Morgan fingerprint density at radius 3 is 2.59 bits per heavy atom. The molecule has 0 N–H and O–H groups in total. The molecule has 2 rings (SSSR count). The van der Waals surface area contributed by atoms with Gasteiger partial charge in [-0.1, -0.05) is 18.9 Å². The van der Waals surface area contributed by atoms with Gasteiger partial charge in [-0.3, -0.25) is 4.79 Å². The van der Waals surface area contributed by atoms with Gasteiger partial charge < -0.3 is 0 Å². The number of carbonyl (C=O) groups is 1. The Bertz CT molecular complexity index is 461. The van der Waals surface area contributed by atoms with Crippen LogP contribution in [0.4, 0.5) is 0 Å². The molecule has 2 aliphatic carbocycles. The Morgan fingerprint density at radius 2 is 2.06 bits per heavy atom. The van der Waals surface area contributed by atoms with E-state index in [2.05, 4.69) is 19.1 Å². The molecule has 0 heterocycles. The van der Waals surface area contributed by atoms with Crippen molar-refractivity contribution in [1.29, 1.82) is 10.5 Å². The molecule has 0 aromatic rings. The molecule has 0 spiro atoms. The maximum absolute atomic E-state index is 12.1. The molecule has 0 aromatic carbocycles. The maximum Gasteiger partial charge on any atom is 0.159 e. The van der Waals surface area contributed by atoms with Crippen LogP contribution in [-0.2, 0) is 4.79 Å². The third kappa shape index (κ3) is 1.58. The molecule has 0 amide bonds. The third-order valence-corrected chi connectivity index (χ3v) is 4.27. The van der Waals surface area contributed by atoms with Crippen molar-refractivity contribution in [2.24, 2.45) is 17.3 Å². The van der Waals surface area contributed by atoms with Crippen molar-refractivity contribution < 1.29 is 4.79 Å². The molecule has 0 bridgehead atoms. The lowest BCUT2D eigenvalue weighted by Gasteiger charge is -2.32. The number of carbonyl (C=O) groups excluding carboxylic acids is 1. The van der Waals surface area contributed by atoms with Gasteiger partial charge in [-0.25, -0.2) is 0 Å². The van der Waals surface area contributed by atoms with Crippen molar-refractivity contribution in [3.05, 3.63) is 11.1 Å². The number of allylic oxidation sites excluding steroid dienone is 2. The Labute approximate surface area is 102 Å². The number of nitriles is 2. The van der Waals surface area contributed by atoms with Gasteiger partial charge in [0, 0.05) is 18.8 Å². The van der Waals surface area contributed by atoms with E-state index in [1.54, 1.807) is 0 Å². The molecule has 2 aliphatic rings. The number of nitrogens with zero attached hydrogens (tertiary/aromatic N) is 2. The van der Waals surface area contributed by atoms with E-state index >= 15 is 0 Å². The number of ketones is 1. The monoisotopic (exact) mass is 228 g/mol. The number of hydrogen-bond acceptors (Lipinski definition) is 3. The summed E-state index contributed by atoms with van der Waals surface area (Å²) in [6.07, 6.45) is 2.80. The quantitative estimate of drug-likeness (QED) is 0.693. The van der Waals surface area contributed by atoms with Crippen LogP contribution in [0.3, 0.4) is 0 Å². The van der Waals surface area contributed by atoms with Crippen LogP contribution in [0, 0.1) is 39.9 Å². The summed E-state index contributed by atoms with van der Waals surface area (Å²) in [4.78, 5) is 12.1. The van der Waals surface area contributed by atoms with E-state index in [0.29, 0.717) is 18.8 Å². The van der Waals surface area contributed by atoms with Gasteiger partial charge in [-0.2, -0.15) is 10.5 Å². The first-order valence-corrected chi connectivity index (χ1v) is 6.13. The predicted molar refractivity (Wildman–Crippen MR) is 62.5 cm³/mol. The standard InChI is InChI=1S/C14H16N2O/c1-3-10-4-11-13(12(17)5-10)9(2)6-14(11,7-15)8-16/h10-11H,3-6H2,1-2H3/t10-,11-/m0/s1. The average molecular weight is 228 g/mol. The van der Waals surface area contributed by atoms with E-state index in [-0.39, 0.29) is 11.7 Å². The summed E-state index contributed by atoms with van der Waals surface area (Å²) in [5.41, 5.74) is 0.763. The van der Waals surface area contributed by atoms with E-state index in [4.69, 9.17) is 0 Å². The van der Waals surface area contributed by atoms with Crippen LogP contribution in [-0.4, -0.2) is 5.78 Å². The van der Waals surface area contributed by atoms with Crippen molar-refractivity contribution in [3.8, 4) is 12.1 Å². The number of Topliss-reactive ketones (excluding diaryl/α,β-unsaturated/α-hetero) is 1. The minimum absolute atomic E-state index is 0.149. The molecule has 0 aliphatic heterocycles. The van der Waals surface area contributed by atoms with Gasteiger partial charge in [0.1, 0.15) is 0 Å². The second-order valence-corrected chi connectivity index (χ2v) is 5.26. The average Bonchev–Trinajstić information content (AvgIpc) is 2.63. The van der Waals surface area contributed by atoms with Crippen LogP contribution in [0.2, 0.25) is 0 Å². The first-order chi connectivity index (χ1) is 8.07. The van der Waals surface area contributed by atoms with E-state index in [0.717, 1.165) is 24.0 Å².